The number of hydrogen-bond acceptors (Lipinski definition) is 4. The molecule has 0 aliphatic carbocycles. The van der Waals surface area contributed by atoms with Crippen LogP contribution in [-0.4, -0.2) is 66.8 Å². The van der Waals surface area contributed by atoms with Crippen LogP contribution in [-0.2, 0) is 16.1 Å². The van der Waals surface area contributed by atoms with Gasteiger partial charge in [0.05, 0.1) is 9.43 Å². The van der Waals surface area contributed by atoms with Gasteiger partial charge >= 0.3 is 0 Å². The Bertz CT molecular complexity index is 571. The summed E-state index contributed by atoms with van der Waals surface area (Å²) >= 11 is 3.98. The van der Waals surface area contributed by atoms with Gasteiger partial charge in [-0.3, -0.25) is 9.59 Å². The maximum atomic E-state index is 12.2. The summed E-state index contributed by atoms with van der Waals surface area (Å²) in [4.78, 5) is 30.9. The van der Waals surface area contributed by atoms with E-state index >= 15 is 0 Å². The van der Waals surface area contributed by atoms with Crippen molar-refractivity contribution in [3.8, 4) is 0 Å². The first-order chi connectivity index (χ1) is 10.5. The fraction of sp³-hybridized carbons (Fsp3) is 0.467. The van der Waals surface area contributed by atoms with Gasteiger partial charge in [-0.05, 0) is 48.8 Å². The van der Waals surface area contributed by atoms with Gasteiger partial charge in [-0.2, -0.15) is 0 Å². The molecule has 2 heterocycles. The van der Waals surface area contributed by atoms with E-state index in [2.05, 4.69) is 34.7 Å². The molecule has 1 aliphatic rings. The van der Waals surface area contributed by atoms with Gasteiger partial charge in [0.25, 0.3) is 0 Å². The molecule has 5 nitrogen and oxygen atoms in total. The number of thiophene rings is 1. The number of piperazine rings is 1. The van der Waals surface area contributed by atoms with Crippen molar-refractivity contribution in [2.45, 2.75) is 6.54 Å². The Hall–Kier alpha value is -0.930. The predicted molar refractivity (Wildman–Crippen MR) is 96.7 cm³/mol. The number of nitrogens with zero attached hydrogens (tertiary/aromatic N) is 3. The lowest BCUT2D eigenvalue weighted by molar-refractivity contribution is -0.143. The molecule has 0 aromatic carbocycles. The normalized spacial score (nSPS) is 16.1. The van der Waals surface area contributed by atoms with E-state index in [1.807, 2.05) is 30.0 Å². The Labute approximate surface area is 148 Å². The number of halogens is 1. The van der Waals surface area contributed by atoms with Crippen LogP contribution >= 0.6 is 33.9 Å². The van der Waals surface area contributed by atoms with E-state index in [1.54, 1.807) is 22.3 Å². The van der Waals surface area contributed by atoms with E-state index in [-0.39, 0.29) is 18.4 Å². The zero-order valence-electron chi connectivity index (χ0n) is 12.8. The van der Waals surface area contributed by atoms with Crippen molar-refractivity contribution >= 4 is 45.7 Å². The minimum Gasteiger partial charge on any atom is -0.334 e. The smallest absolute Gasteiger partial charge is 0.246 e. The second-order valence-electron chi connectivity index (χ2n) is 5.45. The molecule has 0 bridgehead atoms. The lowest BCUT2D eigenvalue weighted by Gasteiger charge is -2.33. The van der Waals surface area contributed by atoms with Gasteiger partial charge in [0, 0.05) is 30.6 Å². The maximum Gasteiger partial charge on any atom is 0.246 e. The van der Waals surface area contributed by atoms with Gasteiger partial charge in [-0.25, -0.2) is 0 Å². The summed E-state index contributed by atoms with van der Waals surface area (Å²) in [5, 5.41) is 0. The van der Waals surface area contributed by atoms with Crippen LogP contribution in [0.2, 0.25) is 0 Å². The molecular weight excluding hydrogens is 413 g/mol. The number of hydrogen-bond donors (Lipinski definition) is 0. The highest BCUT2D eigenvalue weighted by Gasteiger charge is 2.26. The van der Waals surface area contributed by atoms with Crippen LogP contribution in [0.5, 0.6) is 0 Å². The Morgan fingerprint density at radius 3 is 2.77 bits per heavy atom. The molecule has 0 radical (unpaired) electrons. The van der Waals surface area contributed by atoms with E-state index in [0.717, 1.165) is 6.54 Å². The highest BCUT2D eigenvalue weighted by Crippen LogP contribution is 2.20. The molecule has 1 saturated heterocycles. The molecule has 0 atom stereocenters. The Morgan fingerprint density at radius 1 is 1.41 bits per heavy atom. The van der Waals surface area contributed by atoms with Crippen molar-refractivity contribution in [3.63, 3.8) is 0 Å². The number of rotatable bonds is 5. The van der Waals surface area contributed by atoms with Gasteiger partial charge in [-0.1, -0.05) is 6.08 Å². The number of likely N-dealkylation sites (N-methyl/N-ethyl adjacent to an activating group) is 1. The molecule has 1 aromatic rings. The van der Waals surface area contributed by atoms with Gasteiger partial charge < -0.3 is 14.7 Å². The summed E-state index contributed by atoms with van der Waals surface area (Å²) in [5.41, 5.74) is 0. The highest BCUT2D eigenvalue weighted by atomic mass is 127. The highest BCUT2D eigenvalue weighted by molar-refractivity contribution is 14.1. The first kappa shape index (κ1) is 17.4. The van der Waals surface area contributed by atoms with E-state index < -0.39 is 0 Å². The molecule has 0 saturated carbocycles. The standard InChI is InChI=1S/C15H20IN3O2S/c1-17(2)7-3-4-14(20)19-9-8-18(15(21)11-19)10-12-5-6-13(16)22-12/h3-6H,7-11H2,1-2H3/b4-3+. The fourth-order valence-corrected chi connectivity index (χ4v) is 3.93. The van der Waals surface area contributed by atoms with Crippen molar-refractivity contribution in [1.82, 2.24) is 14.7 Å². The van der Waals surface area contributed by atoms with Gasteiger partial charge in [0.1, 0.15) is 6.54 Å². The third kappa shape index (κ3) is 5.06. The van der Waals surface area contributed by atoms with Crippen LogP contribution < -0.4 is 0 Å². The Morgan fingerprint density at radius 2 is 2.18 bits per heavy atom. The molecule has 0 spiro atoms. The molecule has 1 aliphatic heterocycles. The summed E-state index contributed by atoms with van der Waals surface area (Å²) in [6.07, 6.45) is 3.39. The number of carbonyl (C=O) groups is 2. The molecule has 1 fully saturated rings. The molecule has 0 N–H and O–H groups in total. The number of amides is 2. The second-order valence-corrected chi connectivity index (χ2v) is 8.51. The fourth-order valence-electron chi connectivity index (χ4n) is 2.16. The first-order valence-corrected chi connectivity index (χ1v) is 8.97. The van der Waals surface area contributed by atoms with Gasteiger partial charge in [-0.15, -0.1) is 11.3 Å². The zero-order valence-corrected chi connectivity index (χ0v) is 15.8. The van der Waals surface area contributed by atoms with E-state index in [4.69, 9.17) is 0 Å². The van der Waals surface area contributed by atoms with Crippen LogP contribution in [0, 0.1) is 2.88 Å². The Balaban J connectivity index is 1.85. The third-order valence-corrected chi connectivity index (χ3v) is 5.22. The SMILES string of the molecule is CN(C)C/C=C/C(=O)N1CCN(Cc2ccc(I)s2)C(=O)C1. The second kappa shape index (κ2) is 8.07. The van der Waals surface area contributed by atoms with Crippen LogP contribution in [0.15, 0.2) is 24.3 Å². The summed E-state index contributed by atoms with van der Waals surface area (Å²) < 4.78 is 1.22. The van der Waals surface area contributed by atoms with Crippen LogP contribution in [0.3, 0.4) is 0 Å². The topological polar surface area (TPSA) is 43.9 Å². The molecule has 7 heteroatoms. The summed E-state index contributed by atoms with van der Waals surface area (Å²) in [6, 6.07) is 4.11. The summed E-state index contributed by atoms with van der Waals surface area (Å²) in [7, 11) is 3.89. The first-order valence-electron chi connectivity index (χ1n) is 7.08. The molecule has 2 amide bonds. The Kier molecular flexibility index (Phi) is 6.39. The monoisotopic (exact) mass is 433 g/mol. The molecule has 1 aromatic heterocycles. The number of carbonyl (C=O) groups excluding carboxylic acids is 2. The van der Waals surface area contributed by atoms with Crippen molar-refractivity contribution in [2.75, 3.05) is 40.3 Å². The average molecular weight is 433 g/mol. The van der Waals surface area contributed by atoms with Crippen LogP contribution in [0.4, 0.5) is 0 Å². The molecule has 120 valence electrons. The minimum absolute atomic E-state index is 0.0176. The van der Waals surface area contributed by atoms with E-state index in [0.29, 0.717) is 19.6 Å². The third-order valence-electron chi connectivity index (χ3n) is 3.34. The predicted octanol–water partition coefficient (Wildman–Crippen LogP) is 1.64. The quantitative estimate of drug-likeness (QED) is 0.524. The zero-order chi connectivity index (χ0) is 16.1. The van der Waals surface area contributed by atoms with Gasteiger partial charge in [0.2, 0.25) is 11.8 Å². The maximum absolute atomic E-state index is 12.2. The van der Waals surface area contributed by atoms with Crippen LogP contribution in [0.1, 0.15) is 4.88 Å². The summed E-state index contributed by atoms with van der Waals surface area (Å²) in [5.74, 6) is -0.0652. The van der Waals surface area contributed by atoms with Crippen molar-refractivity contribution in [3.05, 3.63) is 32.0 Å². The van der Waals surface area contributed by atoms with Crippen molar-refractivity contribution in [2.24, 2.45) is 0 Å². The van der Waals surface area contributed by atoms with E-state index in [9.17, 15) is 9.59 Å². The van der Waals surface area contributed by atoms with Crippen LogP contribution in [0.25, 0.3) is 0 Å². The average Bonchev–Trinajstić information content (AvgIpc) is 2.86. The van der Waals surface area contributed by atoms with Crippen molar-refractivity contribution in [1.29, 1.82) is 0 Å². The van der Waals surface area contributed by atoms with Gasteiger partial charge in [0.15, 0.2) is 0 Å². The lowest BCUT2D eigenvalue weighted by Crippen LogP contribution is -2.51. The molecular formula is C15H20IN3O2S. The lowest BCUT2D eigenvalue weighted by atomic mass is 10.2. The largest absolute Gasteiger partial charge is 0.334 e. The molecule has 0 unspecified atom stereocenters. The minimum atomic E-state index is -0.0828. The summed E-state index contributed by atoms with van der Waals surface area (Å²) in [6.45, 7) is 2.73. The molecule has 22 heavy (non-hydrogen) atoms. The van der Waals surface area contributed by atoms with E-state index in [1.165, 1.54) is 7.76 Å². The van der Waals surface area contributed by atoms with Crippen molar-refractivity contribution < 1.29 is 9.59 Å². The molecule has 2 rings (SSSR count).